The Bertz CT molecular complexity index is 917. The zero-order valence-corrected chi connectivity index (χ0v) is 17.1. The lowest BCUT2D eigenvalue weighted by atomic mass is 9.78. The topological polar surface area (TPSA) is 39.3 Å². The molecule has 1 N–H and O–H groups in total. The first-order chi connectivity index (χ1) is 13.7. The molecule has 3 aliphatic rings. The summed E-state index contributed by atoms with van der Waals surface area (Å²) in [5.41, 5.74) is 5.38. The zero-order valence-electron chi connectivity index (χ0n) is 17.1. The van der Waals surface area contributed by atoms with Gasteiger partial charge in [-0.1, -0.05) is 31.1 Å². The van der Waals surface area contributed by atoms with Crippen molar-refractivity contribution in [2.24, 2.45) is 5.92 Å². The Morgan fingerprint density at radius 1 is 1.21 bits per heavy atom. The number of aromatic amines is 1. The van der Waals surface area contributed by atoms with Crippen LogP contribution < -0.4 is 0 Å². The average molecular weight is 378 g/mol. The van der Waals surface area contributed by atoms with E-state index in [4.69, 9.17) is 0 Å². The molecule has 4 heteroatoms. The highest BCUT2D eigenvalue weighted by Crippen LogP contribution is 2.43. The maximum atomic E-state index is 13.3. The molecule has 1 amide bonds. The lowest BCUT2D eigenvalue weighted by Gasteiger charge is -2.45. The fourth-order valence-corrected chi connectivity index (χ4v) is 5.83. The van der Waals surface area contributed by atoms with Crippen molar-refractivity contribution in [3.63, 3.8) is 0 Å². The van der Waals surface area contributed by atoms with E-state index in [1.54, 1.807) is 0 Å². The first-order valence-electron chi connectivity index (χ1n) is 11.1. The third kappa shape index (κ3) is 2.73. The Morgan fingerprint density at radius 3 is 2.75 bits per heavy atom. The molecular weight excluding hydrogens is 346 g/mol. The summed E-state index contributed by atoms with van der Waals surface area (Å²) in [7, 11) is 0. The van der Waals surface area contributed by atoms with E-state index in [1.807, 2.05) is 4.90 Å². The Kier molecular flexibility index (Phi) is 4.54. The van der Waals surface area contributed by atoms with Gasteiger partial charge in [-0.05, 0) is 55.9 Å². The third-order valence-electron chi connectivity index (χ3n) is 7.25. The standard InChI is InChI=1S/C24H31N3O/c1-3-26(4-2)24(28)17-12-20-19-10-7-11-21-23(19)16(14-25-21)13-22(20)27(15-17)18-8-5-6-9-18/h7,10-12,14,17-18,22,25H,3-6,8-9,13,15H2,1-2H3/t17-,22?/m1/s1. The summed E-state index contributed by atoms with van der Waals surface area (Å²) in [5, 5.41) is 1.37. The molecule has 2 heterocycles. The van der Waals surface area contributed by atoms with Crippen LogP contribution in [0.4, 0.5) is 0 Å². The minimum Gasteiger partial charge on any atom is -0.361 e. The third-order valence-corrected chi connectivity index (χ3v) is 7.25. The van der Waals surface area contributed by atoms with Gasteiger partial charge in [-0.2, -0.15) is 0 Å². The Balaban J connectivity index is 1.61. The molecular formula is C24H31N3O. The summed E-state index contributed by atoms with van der Waals surface area (Å²) in [6.07, 6.45) is 10.8. The summed E-state index contributed by atoms with van der Waals surface area (Å²) in [6, 6.07) is 7.61. The molecule has 1 fully saturated rings. The number of nitrogens with one attached hydrogen (secondary N) is 1. The molecule has 0 radical (unpaired) electrons. The van der Waals surface area contributed by atoms with Crippen molar-refractivity contribution in [3.8, 4) is 0 Å². The molecule has 0 spiro atoms. The maximum Gasteiger partial charge on any atom is 0.230 e. The Hall–Kier alpha value is -2.07. The summed E-state index contributed by atoms with van der Waals surface area (Å²) < 4.78 is 0. The lowest BCUT2D eigenvalue weighted by Crippen LogP contribution is -2.52. The van der Waals surface area contributed by atoms with Gasteiger partial charge in [-0.3, -0.25) is 9.69 Å². The monoisotopic (exact) mass is 377 g/mol. The van der Waals surface area contributed by atoms with Crippen molar-refractivity contribution in [3.05, 3.63) is 41.6 Å². The molecule has 1 aromatic heterocycles. The largest absolute Gasteiger partial charge is 0.361 e. The van der Waals surface area contributed by atoms with E-state index in [1.165, 1.54) is 53.3 Å². The van der Waals surface area contributed by atoms with E-state index in [9.17, 15) is 4.79 Å². The van der Waals surface area contributed by atoms with Gasteiger partial charge in [0.2, 0.25) is 5.91 Å². The maximum absolute atomic E-state index is 13.3. The molecule has 5 rings (SSSR count). The summed E-state index contributed by atoms with van der Waals surface area (Å²) in [6.45, 7) is 6.63. The van der Waals surface area contributed by atoms with E-state index in [-0.39, 0.29) is 5.92 Å². The number of carbonyl (C=O) groups excluding carboxylic acids is 1. The molecule has 0 bridgehead atoms. The second kappa shape index (κ2) is 7.07. The lowest BCUT2D eigenvalue weighted by molar-refractivity contribution is -0.134. The van der Waals surface area contributed by atoms with Gasteiger partial charge in [0.15, 0.2) is 0 Å². The van der Waals surface area contributed by atoms with Gasteiger partial charge < -0.3 is 9.88 Å². The van der Waals surface area contributed by atoms with Crippen LogP contribution in [0.2, 0.25) is 0 Å². The van der Waals surface area contributed by atoms with Crippen molar-refractivity contribution < 1.29 is 4.79 Å². The van der Waals surface area contributed by atoms with E-state index in [0.29, 0.717) is 18.0 Å². The minimum absolute atomic E-state index is 0.0255. The average Bonchev–Trinajstić information content (AvgIpc) is 3.40. The highest BCUT2D eigenvalue weighted by molar-refractivity contribution is 5.99. The molecule has 2 aromatic rings. The smallest absolute Gasteiger partial charge is 0.230 e. The van der Waals surface area contributed by atoms with Gasteiger partial charge in [-0.15, -0.1) is 0 Å². The van der Waals surface area contributed by atoms with Crippen molar-refractivity contribution in [1.82, 2.24) is 14.8 Å². The number of rotatable bonds is 4. The Morgan fingerprint density at radius 2 is 2.00 bits per heavy atom. The van der Waals surface area contributed by atoms with Crippen molar-refractivity contribution in [2.45, 2.75) is 58.0 Å². The molecule has 28 heavy (non-hydrogen) atoms. The fourth-order valence-electron chi connectivity index (χ4n) is 5.83. The number of H-pyrrole nitrogens is 1. The predicted octanol–water partition coefficient (Wildman–Crippen LogP) is 4.22. The molecule has 2 aliphatic carbocycles. The van der Waals surface area contributed by atoms with Crippen LogP contribution in [-0.4, -0.2) is 52.4 Å². The van der Waals surface area contributed by atoms with Gasteiger partial charge in [0.1, 0.15) is 0 Å². The van der Waals surface area contributed by atoms with E-state index >= 15 is 0 Å². The molecule has 1 saturated carbocycles. The number of amides is 1. The van der Waals surface area contributed by atoms with Crippen LogP contribution in [0.1, 0.15) is 50.7 Å². The summed E-state index contributed by atoms with van der Waals surface area (Å²) in [5.74, 6) is 0.272. The van der Waals surface area contributed by atoms with Crippen LogP contribution in [0.25, 0.3) is 16.5 Å². The second-order valence-corrected chi connectivity index (χ2v) is 8.64. The van der Waals surface area contributed by atoms with Gasteiger partial charge in [0, 0.05) is 48.8 Å². The minimum atomic E-state index is -0.0255. The quantitative estimate of drug-likeness (QED) is 0.866. The van der Waals surface area contributed by atoms with Gasteiger partial charge in [0.05, 0.1) is 5.92 Å². The Labute approximate surface area is 167 Å². The number of nitrogens with zero attached hydrogens (tertiary/aromatic N) is 2. The summed E-state index contributed by atoms with van der Waals surface area (Å²) in [4.78, 5) is 21.4. The molecule has 1 aromatic carbocycles. The number of hydrogen-bond donors (Lipinski definition) is 1. The second-order valence-electron chi connectivity index (χ2n) is 8.64. The van der Waals surface area contributed by atoms with Crippen LogP contribution in [0.15, 0.2) is 30.5 Å². The van der Waals surface area contributed by atoms with Gasteiger partial charge in [-0.25, -0.2) is 0 Å². The van der Waals surface area contributed by atoms with Crippen LogP contribution in [0, 0.1) is 5.92 Å². The first kappa shape index (κ1) is 18.0. The zero-order chi connectivity index (χ0) is 19.3. The molecule has 1 unspecified atom stereocenters. The first-order valence-corrected chi connectivity index (χ1v) is 11.1. The SMILES string of the molecule is CCN(CC)C(=O)[C@@H]1C=C2c3cccc4[nH]cc(c34)CC2N(C2CCCC2)C1. The number of benzene rings is 1. The molecule has 0 saturated heterocycles. The number of fused-ring (bicyclic) bond motifs is 2. The highest BCUT2D eigenvalue weighted by atomic mass is 16.2. The van der Waals surface area contributed by atoms with Crippen LogP contribution >= 0.6 is 0 Å². The normalized spacial score (nSPS) is 25.0. The predicted molar refractivity (Wildman–Crippen MR) is 114 cm³/mol. The van der Waals surface area contributed by atoms with Crippen LogP contribution in [0.5, 0.6) is 0 Å². The molecule has 148 valence electrons. The van der Waals surface area contributed by atoms with E-state index < -0.39 is 0 Å². The van der Waals surface area contributed by atoms with Crippen LogP contribution in [-0.2, 0) is 11.2 Å². The van der Waals surface area contributed by atoms with Crippen molar-refractivity contribution in [2.75, 3.05) is 19.6 Å². The number of carbonyl (C=O) groups is 1. The van der Waals surface area contributed by atoms with E-state index in [0.717, 1.165) is 26.1 Å². The van der Waals surface area contributed by atoms with E-state index in [2.05, 4.69) is 54.2 Å². The fraction of sp³-hybridized carbons (Fsp3) is 0.542. The van der Waals surface area contributed by atoms with Gasteiger partial charge in [0.25, 0.3) is 0 Å². The summed E-state index contributed by atoms with van der Waals surface area (Å²) >= 11 is 0. The van der Waals surface area contributed by atoms with Crippen LogP contribution in [0.3, 0.4) is 0 Å². The highest BCUT2D eigenvalue weighted by Gasteiger charge is 2.41. The van der Waals surface area contributed by atoms with Crippen molar-refractivity contribution >= 4 is 22.4 Å². The molecule has 4 nitrogen and oxygen atoms in total. The molecule has 2 atom stereocenters. The van der Waals surface area contributed by atoms with Crippen molar-refractivity contribution in [1.29, 1.82) is 0 Å². The van der Waals surface area contributed by atoms with Gasteiger partial charge >= 0.3 is 0 Å². The molecule has 1 aliphatic heterocycles. The number of hydrogen-bond acceptors (Lipinski definition) is 2. The number of aromatic nitrogens is 1.